The summed E-state index contributed by atoms with van der Waals surface area (Å²) in [6.07, 6.45) is 1.80. The van der Waals surface area contributed by atoms with Gasteiger partial charge in [0.05, 0.1) is 40.0 Å². The molecule has 41 heavy (non-hydrogen) atoms. The summed E-state index contributed by atoms with van der Waals surface area (Å²) in [6, 6.07) is 19.0. The van der Waals surface area contributed by atoms with Crippen molar-refractivity contribution in [3.8, 4) is 45.4 Å². The first-order valence-corrected chi connectivity index (χ1v) is 13.5. The number of hydrogen-bond donors (Lipinski definition) is 0. The minimum atomic E-state index is 0.316. The van der Waals surface area contributed by atoms with Crippen LogP contribution in [0.1, 0.15) is 11.1 Å². The van der Waals surface area contributed by atoms with Gasteiger partial charge in [0, 0.05) is 18.2 Å². The first-order chi connectivity index (χ1) is 20.0. The Kier molecular flexibility index (Phi) is 7.26. The fraction of sp³-hybridized carbons (Fsp3) is 0.200. The van der Waals surface area contributed by atoms with E-state index in [0.29, 0.717) is 63.4 Å². The van der Waals surface area contributed by atoms with Crippen molar-refractivity contribution >= 4 is 27.3 Å². The van der Waals surface area contributed by atoms with Crippen LogP contribution in [0.4, 0.5) is 0 Å². The highest BCUT2D eigenvalue weighted by molar-refractivity contribution is 7.18. The van der Waals surface area contributed by atoms with Crippen molar-refractivity contribution in [1.82, 2.24) is 14.6 Å². The normalized spacial score (nSPS) is 11.1. The largest absolute Gasteiger partial charge is 0.497 e. The fourth-order valence-corrected chi connectivity index (χ4v) is 5.03. The highest BCUT2D eigenvalue weighted by Gasteiger charge is 2.17. The Morgan fingerprint density at radius 2 is 1.49 bits per heavy atom. The maximum Gasteiger partial charge on any atom is 0.294 e. The summed E-state index contributed by atoms with van der Waals surface area (Å²) in [7, 11) is 6.43. The van der Waals surface area contributed by atoms with Gasteiger partial charge in [0.2, 0.25) is 4.96 Å². The van der Waals surface area contributed by atoms with Crippen molar-refractivity contribution < 1.29 is 32.8 Å². The molecular weight excluding hydrogens is 546 g/mol. The third kappa shape index (κ3) is 5.57. The standard InChI is InChI=1S/C30H27N3O7S/c1-34-21-9-19(10-22(11-21)35-2)17-38-20-7-5-6-18(8-20)16-39-26-12-23(36-3)13-27-24(26)14-28(40-27)25-15-33-29(31-25)41-30(32-33)37-4/h5-15H,16-17H2,1-4H3. The van der Waals surface area contributed by atoms with Crippen molar-refractivity contribution in [3.63, 3.8) is 0 Å². The van der Waals surface area contributed by atoms with E-state index in [1.54, 1.807) is 39.2 Å². The molecule has 0 N–H and O–H groups in total. The lowest BCUT2D eigenvalue weighted by atomic mass is 10.2. The second-order valence-corrected chi connectivity index (χ2v) is 9.94. The van der Waals surface area contributed by atoms with Crippen LogP contribution >= 0.6 is 11.3 Å². The van der Waals surface area contributed by atoms with Crippen LogP contribution in [-0.2, 0) is 13.2 Å². The zero-order valence-corrected chi connectivity index (χ0v) is 23.7. The number of nitrogens with zero attached hydrogens (tertiary/aromatic N) is 3. The zero-order valence-electron chi connectivity index (χ0n) is 22.9. The summed E-state index contributed by atoms with van der Waals surface area (Å²) in [5.74, 6) is 3.99. The SMILES string of the molecule is COc1cc(COc2cccc(COc3cc(OC)cc4oc(-c5cn6nc(OC)sc6n5)cc34)c2)cc(OC)c1. The van der Waals surface area contributed by atoms with Gasteiger partial charge < -0.3 is 32.8 Å². The van der Waals surface area contributed by atoms with Crippen LogP contribution in [0.25, 0.3) is 27.4 Å². The predicted molar refractivity (Wildman–Crippen MR) is 154 cm³/mol. The van der Waals surface area contributed by atoms with Crippen LogP contribution in [0, 0.1) is 0 Å². The average molecular weight is 574 g/mol. The topological polar surface area (TPSA) is 98.7 Å². The van der Waals surface area contributed by atoms with Crippen LogP contribution in [-0.4, -0.2) is 43.0 Å². The quantitative estimate of drug-likeness (QED) is 0.174. The molecule has 11 heteroatoms. The molecule has 0 aliphatic carbocycles. The number of imidazole rings is 1. The second kappa shape index (κ2) is 11.3. The van der Waals surface area contributed by atoms with Crippen molar-refractivity contribution in [1.29, 1.82) is 0 Å². The van der Waals surface area contributed by atoms with Crippen LogP contribution < -0.4 is 28.4 Å². The predicted octanol–water partition coefficient (Wildman–Crippen LogP) is 6.40. The number of ether oxygens (including phenoxy) is 6. The molecular formula is C30H27N3O7S. The molecule has 0 radical (unpaired) electrons. The monoisotopic (exact) mass is 573 g/mol. The van der Waals surface area contributed by atoms with E-state index in [9.17, 15) is 0 Å². The van der Waals surface area contributed by atoms with Gasteiger partial charge in [0.1, 0.15) is 53.2 Å². The number of fused-ring (bicyclic) bond motifs is 2. The number of methoxy groups -OCH3 is 4. The first-order valence-electron chi connectivity index (χ1n) is 12.6. The molecule has 0 saturated carbocycles. The summed E-state index contributed by atoms with van der Waals surface area (Å²) in [5.41, 5.74) is 3.16. The third-order valence-electron chi connectivity index (χ3n) is 6.37. The minimum Gasteiger partial charge on any atom is -0.497 e. The van der Waals surface area contributed by atoms with E-state index in [1.165, 1.54) is 11.3 Å². The molecule has 3 aromatic carbocycles. The van der Waals surface area contributed by atoms with Crippen molar-refractivity contribution in [2.24, 2.45) is 0 Å². The molecule has 10 nitrogen and oxygen atoms in total. The number of hydrogen-bond acceptors (Lipinski definition) is 10. The van der Waals surface area contributed by atoms with Gasteiger partial charge in [-0.3, -0.25) is 0 Å². The molecule has 0 unspecified atom stereocenters. The van der Waals surface area contributed by atoms with E-state index in [0.717, 1.165) is 22.3 Å². The van der Waals surface area contributed by atoms with Crippen molar-refractivity contribution in [2.45, 2.75) is 13.2 Å². The van der Waals surface area contributed by atoms with E-state index in [4.69, 9.17) is 32.8 Å². The molecule has 0 bridgehead atoms. The average Bonchev–Trinajstić information content (AvgIpc) is 3.72. The smallest absolute Gasteiger partial charge is 0.294 e. The van der Waals surface area contributed by atoms with Crippen LogP contribution in [0.2, 0.25) is 0 Å². The molecule has 0 aliphatic heterocycles. The molecule has 6 rings (SSSR count). The van der Waals surface area contributed by atoms with E-state index in [2.05, 4.69) is 10.1 Å². The zero-order chi connectivity index (χ0) is 28.3. The van der Waals surface area contributed by atoms with Crippen molar-refractivity contribution in [2.75, 3.05) is 28.4 Å². The molecule has 0 aliphatic rings. The Morgan fingerprint density at radius 1 is 0.756 bits per heavy atom. The highest BCUT2D eigenvalue weighted by atomic mass is 32.1. The number of benzene rings is 3. The Balaban J connectivity index is 1.20. The van der Waals surface area contributed by atoms with Gasteiger partial charge in [-0.1, -0.05) is 12.1 Å². The fourth-order valence-electron chi connectivity index (χ4n) is 4.33. The Hall–Kier alpha value is -4.90. The van der Waals surface area contributed by atoms with Gasteiger partial charge in [-0.25, -0.2) is 9.50 Å². The number of furan rings is 1. The maximum absolute atomic E-state index is 6.27. The lowest BCUT2D eigenvalue weighted by Gasteiger charge is -2.12. The number of aromatic nitrogens is 3. The third-order valence-corrected chi connectivity index (χ3v) is 7.25. The second-order valence-electron chi connectivity index (χ2n) is 9.02. The van der Waals surface area contributed by atoms with E-state index in [-0.39, 0.29) is 0 Å². The molecule has 3 aromatic heterocycles. The van der Waals surface area contributed by atoms with E-state index in [1.807, 2.05) is 60.7 Å². The molecule has 0 spiro atoms. The van der Waals surface area contributed by atoms with Gasteiger partial charge in [-0.05, 0) is 52.8 Å². The van der Waals surface area contributed by atoms with Crippen LogP contribution in [0.15, 0.2) is 71.3 Å². The number of rotatable bonds is 11. The van der Waals surface area contributed by atoms with Gasteiger partial charge in [-0.15, -0.1) is 5.10 Å². The van der Waals surface area contributed by atoms with Gasteiger partial charge in [0.15, 0.2) is 5.76 Å². The lowest BCUT2D eigenvalue weighted by Crippen LogP contribution is -2.00. The molecule has 6 aromatic rings. The summed E-state index contributed by atoms with van der Waals surface area (Å²) >= 11 is 1.35. The van der Waals surface area contributed by atoms with Crippen molar-refractivity contribution in [3.05, 3.63) is 78.0 Å². The van der Waals surface area contributed by atoms with Crippen LogP contribution in [0.3, 0.4) is 0 Å². The Morgan fingerprint density at radius 3 is 2.22 bits per heavy atom. The summed E-state index contributed by atoms with van der Waals surface area (Å²) in [6.45, 7) is 0.678. The molecule has 210 valence electrons. The summed E-state index contributed by atoms with van der Waals surface area (Å²) in [5, 5.41) is 5.68. The van der Waals surface area contributed by atoms with Gasteiger partial charge in [-0.2, -0.15) is 0 Å². The highest BCUT2D eigenvalue weighted by Crippen LogP contribution is 2.37. The Bertz CT molecular complexity index is 1770. The van der Waals surface area contributed by atoms with Gasteiger partial charge >= 0.3 is 0 Å². The Labute approximate surface area is 239 Å². The molecule has 0 saturated heterocycles. The maximum atomic E-state index is 6.27. The molecule has 0 atom stereocenters. The summed E-state index contributed by atoms with van der Waals surface area (Å²) < 4.78 is 41.5. The molecule has 0 amide bonds. The van der Waals surface area contributed by atoms with Gasteiger partial charge in [0.25, 0.3) is 5.19 Å². The van der Waals surface area contributed by atoms with Crippen LogP contribution in [0.5, 0.6) is 33.9 Å². The lowest BCUT2D eigenvalue weighted by molar-refractivity contribution is 0.295. The molecule has 3 heterocycles. The van der Waals surface area contributed by atoms with E-state index >= 15 is 0 Å². The first kappa shape index (κ1) is 26.3. The molecule has 0 fully saturated rings. The minimum absolute atomic E-state index is 0.316. The van der Waals surface area contributed by atoms with E-state index < -0.39 is 0 Å². The summed E-state index contributed by atoms with van der Waals surface area (Å²) in [4.78, 5) is 5.33.